The number of hydrogen-bond donors (Lipinski definition) is 1. The molecule has 0 spiro atoms. The largest absolute Gasteiger partial charge is 0.444 e. The number of pyridine rings is 1. The minimum Gasteiger partial charge on any atom is -0.444 e. The third kappa shape index (κ3) is 6.30. The zero-order valence-electron chi connectivity index (χ0n) is 22.7. The van der Waals surface area contributed by atoms with Gasteiger partial charge in [-0.2, -0.15) is 5.10 Å². The van der Waals surface area contributed by atoms with Gasteiger partial charge < -0.3 is 19.9 Å². The number of nitrogens with zero attached hydrogens (tertiary/aromatic N) is 5. The summed E-state index contributed by atoms with van der Waals surface area (Å²) in [6, 6.07) is 8.84. The van der Waals surface area contributed by atoms with Gasteiger partial charge in [-0.25, -0.2) is 14.2 Å². The van der Waals surface area contributed by atoms with Crippen molar-refractivity contribution in [2.75, 3.05) is 23.8 Å². The topological polar surface area (TPSA) is 92.6 Å². The van der Waals surface area contributed by atoms with E-state index in [0.29, 0.717) is 25.3 Å². The summed E-state index contributed by atoms with van der Waals surface area (Å²) < 4.78 is 20.6. The Hall–Kier alpha value is -3.95. The smallest absolute Gasteiger partial charge is 0.410 e. The highest BCUT2D eigenvalue weighted by Gasteiger charge is 2.33. The first-order valence-electron chi connectivity index (χ1n) is 12.7. The van der Waals surface area contributed by atoms with Crippen LogP contribution in [-0.2, 0) is 16.1 Å². The minimum atomic E-state index is -0.550. The molecular weight excluding hydrogens is 487 g/mol. The van der Waals surface area contributed by atoms with E-state index >= 15 is 0 Å². The number of fused-ring (bicyclic) bond motifs is 1. The average Bonchev–Trinajstić information content (AvgIpc) is 3.31. The molecule has 1 N–H and O–H groups in total. The lowest BCUT2D eigenvalue weighted by atomic mass is 9.89. The molecule has 4 rings (SSSR count). The summed E-state index contributed by atoms with van der Waals surface area (Å²) in [5.74, 6) is 0.150. The second kappa shape index (κ2) is 10.8. The van der Waals surface area contributed by atoms with Crippen molar-refractivity contribution < 1.29 is 18.7 Å². The number of anilines is 2. The van der Waals surface area contributed by atoms with Gasteiger partial charge >= 0.3 is 6.09 Å². The van der Waals surface area contributed by atoms with E-state index in [0.717, 1.165) is 22.4 Å². The zero-order chi connectivity index (χ0) is 27.6. The zero-order valence-corrected chi connectivity index (χ0v) is 22.7. The van der Waals surface area contributed by atoms with Gasteiger partial charge in [0, 0.05) is 44.0 Å². The number of carbonyl (C=O) groups is 2. The van der Waals surface area contributed by atoms with Crippen LogP contribution in [-0.4, -0.2) is 56.9 Å². The van der Waals surface area contributed by atoms with Gasteiger partial charge in [0.15, 0.2) is 0 Å². The van der Waals surface area contributed by atoms with Crippen molar-refractivity contribution in [3.8, 4) is 11.1 Å². The predicted molar refractivity (Wildman–Crippen MR) is 144 cm³/mol. The molecule has 0 radical (unpaired) electrons. The Morgan fingerprint density at radius 2 is 1.95 bits per heavy atom. The molecule has 9 nitrogen and oxygen atoms in total. The number of benzene rings is 1. The van der Waals surface area contributed by atoms with E-state index in [4.69, 9.17) is 4.74 Å². The molecule has 0 saturated heterocycles. The second-order valence-corrected chi connectivity index (χ2v) is 10.7. The maximum absolute atomic E-state index is 13.4. The highest BCUT2D eigenvalue weighted by atomic mass is 19.1. The molecule has 1 aliphatic heterocycles. The predicted octanol–water partition coefficient (Wildman–Crippen LogP) is 5.25. The van der Waals surface area contributed by atoms with Gasteiger partial charge in [-0.05, 0) is 69.5 Å². The van der Waals surface area contributed by atoms with Crippen LogP contribution in [0.25, 0.3) is 11.1 Å². The summed E-state index contributed by atoms with van der Waals surface area (Å²) in [5, 5.41) is 7.88. The molecule has 3 aromatic rings. The first-order chi connectivity index (χ1) is 17.9. The highest BCUT2D eigenvalue weighted by molar-refractivity contribution is 5.94. The van der Waals surface area contributed by atoms with E-state index in [1.54, 1.807) is 30.9 Å². The maximum Gasteiger partial charge on any atom is 0.410 e. The molecule has 10 heteroatoms. The summed E-state index contributed by atoms with van der Waals surface area (Å²) in [4.78, 5) is 32.2. The van der Waals surface area contributed by atoms with Crippen molar-refractivity contribution in [1.29, 1.82) is 0 Å². The van der Waals surface area contributed by atoms with Gasteiger partial charge in [0.1, 0.15) is 17.2 Å². The van der Waals surface area contributed by atoms with E-state index in [1.807, 2.05) is 50.9 Å². The average molecular weight is 523 g/mol. The van der Waals surface area contributed by atoms with Crippen molar-refractivity contribution in [2.45, 2.75) is 65.3 Å². The number of aromatic nitrogens is 3. The third-order valence-electron chi connectivity index (χ3n) is 6.41. The van der Waals surface area contributed by atoms with Crippen LogP contribution in [0.1, 0.15) is 52.6 Å². The Balaban J connectivity index is 1.55. The molecule has 0 saturated carbocycles. The first-order valence-corrected chi connectivity index (χ1v) is 12.7. The molecule has 2 atom stereocenters. The van der Waals surface area contributed by atoms with Gasteiger partial charge in [0.2, 0.25) is 5.91 Å². The highest BCUT2D eigenvalue weighted by Crippen LogP contribution is 2.41. The molecule has 3 heterocycles. The van der Waals surface area contributed by atoms with Crippen LogP contribution in [0.2, 0.25) is 0 Å². The summed E-state index contributed by atoms with van der Waals surface area (Å²) in [6.07, 6.45) is 5.20. The fourth-order valence-corrected chi connectivity index (χ4v) is 4.62. The number of ether oxygens (including phenoxy) is 1. The van der Waals surface area contributed by atoms with E-state index in [1.165, 1.54) is 17.2 Å². The van der Waals surface area contributed by atoms with Gasteiger partial charge in [-0.15, -0.1) is 0 Å². The van der Waals surface area contributed by atoms with E-state index in [2.05, 4.69) is 21.5 Å². The number of nitrogens with one attached hydrogen (secondary N) is 1. The Labute approximate surface area is 222 Å². The Bertz CT molecular complexity index is 1300. The van der Waals surface area contributed by atoms with Crippen LogP contribution in [0.15, 0.2) is 48.9 Å². The number of rotatable bonds is 6. The number of carbonyl (C=O) groups excluding carboxylic acids is 2. The SMILES string of the molecule is CC(=O)N1c2ccc(-c3cnn(CCN(C)C(=O)OC(C)(C)C)c3)cc2C(Nc2ccc(F)cn2)CC1C. The lowest BCUT2D eigenvalue weighted by molar-refractivity contribution is -0.117. The fourth-order valence-electron chi connectivity index (χ4n) is 4.62. The van der Waals surface area contributed by atoms with Crippen LogP contribution >= 0.6 is 0 Å². The Morgan fingerprint density at radius 3 is 2.61 bits per heavy atom. The molecule has 202 valence electrons. The molecule has 0 aliphatic carbocycles. The van der Waals surface area contributed by atoms with E-state index in [-0.39, 0.29) is 24.1 Å². The second-order valence-electron chi connectivity index (χ2n) is 10.7. The van der Waals surface area contributed by atoms with Crippen LogP contribution in [0.4, 0.5) is 20.7 Å². The molecule has 2 unspecified atom stereocenters. The number of halogens is 1. The van der Waals surface area contributed by atoms with Crippen LogP contribution in [0.3, 0.4) is 0 Å². The first kappa shape index (κ1) is 27.1. The summed E-state index contributed by atoms with van der Waals surface area (Å²) in [6.45, 7) is 10.1. The molecule has 0 bridgehead atoms. The van der Waals surface area contributed by atoms with Gasteiger partial charge in [0.25, 0.3) is 0 Å². The number of hydrogen-bond acceptors (Lipinski definition) is 6. The van der Waals surface area contributed by atoms with E-state index in [9.17, 15) is 14.0 Å². The lowest BCUT2D eigenvalue weighted by Crippen LogP contribution is -2.43. The standard InChI is InChI=1S/C28H35FN6O3/c1-18-13-24(32-26-10-8-22(29)16-30-26)23-14-20(7-9-25(23)35(18)19(2)36)21-15-31-34(17-21)12-11-33(6)27(37)38-28(3,4)5/h7-10,14-18,24H,11-13H2,1-6H3,(H,30,32). The molecule has 2 aromatic heterocycles. The van der Waals surface area contributed by atoms with Crippen molar-refractivity contribution in [3.63, 3.8) is 0 Å². The van der Waals surface area contributed by atoms with Gasteiger partial charge in [0.05, 0.1) is 25.0 Å². The number of likely N-dealkylation sites (N-methyl/N-ethyl adjacent to an activating group) is 1. The Morgan fingerprint density at radius 1 is 1.18 bits per heavy atom. The van der Waals surface area contributed by atoms with Crippen molar-refractivity contribution >= 4 is 23.5 Å². The normalized spacial score (nSPS) is 17.1. The van der Waals surface area contributed by atoms with Crippen molar-refractivity contribution in [3.05, 3.63) is 60.3 Å². The molecule has 38 heavy (non-hydrogen) atoms. The van der Waals surface area contributed by atoms with Crippen molar-refractivity contribution in [1.82, 2.24) is 19.7 Å². The summed E-state index contributed by atoms with van der Waals surface area (Å²) in [7, 11) is 1.70. The van der Waals surface area contributed by atoms with Crippen LogP contribution < -0.4 is 10.2 Å². The Kier molecular flexibility index (Phi) is 7.71. The minimum absolute atomic E-state index is 0.0199. The molecular formula is C28H35FN6O3. The van der Waals surface area contributed by atoms with Crippen LogP contribution in [0.5, 0.6) is 0 Å². The van der Waals surface area contributed by atoms with Gasteiger partial charge in [-0.3, -0.25) is 9.48 Å². The molecule has 2 amide bonds. The summed E-state index contributed by atoms with van der Waals surface area (Å²) >= 11 is 0. The molecule has 0 fully saturated rings. The van der Waals surface area contributed by atoms with Crippen molar-refractivity contribution in [2.24, 2.45) is 0 Å². The number of amides is 2. The lowest BCUT2D eigenvalue weighted by Gasteiger charge is -2.39. The quantitative estimate of drug-likeness (QED) is 0.475. The fraction of sp³-hybridized carbons (Fsp3) is 0.429. The molecule has 1 aromatic carbocycles. The van der Waals surface area contributed by atoms with Crippen LogP contribution in [0, 0.1) is 5.82 Å². The maximum atomic E-state index is 13.4. The molecule has 1 aliphatic rings. The third-order valence-corrected chi connectivity index (χ3v) is 6.41. The summed E-state index contributed by atoms with van der Waals surface area (Å²) in [5.41, 5.74) is 3.11. The van der Waals surface area contributed by atoms with E-state index < -0.39 is 11.4 Å². The van der Waals surface area contributed by atoms with Gasteiger partial charge in [-0.1, -0.05) is 6.07 Å². The monoisotopic (exact) mass is 522 g/mol.